The molecule has 0 saturated heterocycles. The number of hydrogen-bond acceptors (Lipinski definition) is 5. The third-order valence-corrected chi connectivity index (χ3v) is 7.85. The minimum absolute atomic E-state index is 0.00548. The van der Waals surface area contributed by atoms with Gasteiger partial charge in [-0.15, -0.1) is 5.10 Å². The summed E-state index contributed by atoms with van der Waals surface area (Å²) in [5.74, 6) is 0. The molecule has 8 heteroatoms. The van der Waals surface area contributed by atoms with Crippen molar-refractivity contribution in [3.63, 3.8) is 0 Å². The summed E-state index contributed by atoms with van der Waals surface area (Å²) in [5.41, 5.74) is 5.09. The second-order valence-electron chi connectivity index (χ2n) is 9.45. The number of rotatable bonds is 6. The Kier molecular flexibility index (Phi) is 5.48. The van der Waals surface area contributed by atoms with E-state index in [9.17, 15) is 4.79 Å². The van der Waals surface area contributed by atoms with Crippen molar-refractivity contribution in [3.05, 3.63) is 75.8 Å². The van der Waals surface area contributed by atoms with Gasteiger partial charge in [0.1, 0.15) is 5.65 Å². The second-order valence-corrected chi connectivity index (χ2v) is 13.5. The molecule has 0 aliphatic heterocycles. The van der Waals surface area contributed by atoms with E-state index in [1.54, 1.807) is 0 Å². The average Bonchev–Trinajstić information content (AvgIpc) is 3.42. The lowest BCUT2D eigenvalue weighted by Crippen LogP contribution is -2.22. The molecule has 0 spiro atoms. The minimum atomic E-state index is -1.02. The first-order valence-electron chi connectivity index (χ1n) is 11.3. The van der Waals surface area contributed by atoms with E-state index in [0.29, 0.717) is 29.2 Å². The first-order chi connectivity index (χ1) is 15.8. The molecular formula is C25H30N6OS. The van der Waals surface area contributed by atoms with Crippen LogP contribution in [-0.2, 0) is 25.9 Å². The van der Waals surface area contributed by atoms with Crippen LogP contribution in [-0.4, -0.2) is 49.4 Å². The summed E-state index contributed by atoms with van der Waals surface area (Å²) >= 11 is 0. The first kappa shape index (κ1) is 21.7. The topological polar surface area (TPSA) is 77.6 Å². The van der Waals surface area contributed by atoms with E-state index in [1.165, 1.54) is 11.1 Å². The SMILES string of the molecule is CCn1cc(Cn2nncc2S(C)(C)C)c(=O)c2cc(NC3Cc4ccccc4C3)cnc21. The van der Waals surface area contributed by atoms with Gasteiger partial charge in [0.2, 0.25) is 0 Å². The van der Waals surface area contributed by atoms with Crippen molar-refractivity contribution >= 4 is 26.7 Å². The smallest absolute Gasteiger partial charge is 0.196 e. The van der Waals surface area contributed by atoms with Crippen LogP contribution in [0.3, 0.4) is 0 Å². The summed E-state index contributed by atoms with van der Waals surface area (Å²) < 4.78 is 3.91. The van der Waals surface area contributed by atoms with Gasteiger partial charge in [-0.1, -0.05) is 29.5 Å². The maximum absolute atomic E-state index is 13.5. The fourth-order valence-corrected chi connectivity index (χ4v) is 5.75. The van der Waals surface area contributed by atoms with E-state index in [-0.39, 0.29) is 5.43 Å². The Labute approximate surface area is 195 Å². The van der Waals surface area contributed by atoms with Gasteiger partial charge in [0, 0.05) is 24.3 Å². The zero-order valence-corrected chi connectivity index (χ0v) is 20.4. The van der Waals surface area contributed by atoms with Crippen LogP contribution < -0.4 is 10.7 Å². The van der Waals surface area contributed by atoms with Crippen molar-refractivity contribution in [2.45, 2.75) is 43.9 Å². The van der Waals surface area contributed by atoms with Crippen molar-refractivity contribution in [2.24, 2.45) is 0 Å². The van der Waals surface area contributed by atoms with Gasteiger partial charge >= 0.3 is 0 Å². The van der Waals surface area contributed by atoms with Crippen molar-refractivity contribution in [3.8, 4) is 0 Å². The van der Waals surface area contributed by atoms with E-state index in [2.05, 4.69) is 70.6 Å². The molecule has 0 unspecified atom stereocenters. The summed E-state index contributed by atoms with van der Waals surface area (Å²) in [6.07, 6.45) is 14.2. The zero-order chi connectivity index (χ0) is 23.2. The summed E-state index contributed by atoms with van der Waals surface area (Å²) in [4.78, 5) is 18.2. The van der Waals surface area contributed by atoms with Crippen molar-refractivity contribution in [1.82, 2.24) is 24.5 Å². The number of anilines is 1. The molecular weight excluding hydrogens is 432 g/mol. The fourth-order valence-electron chi connectivity index (χ4n) is 4.66. The highest BCUT2D eigenvalue weighted by Crippen LogP contribution is 2.44. The number of nitrogens with one attached hydrogen (secondary N) is 1. The summed E-state index contributed by atoms with van der Waals surface area (Å²) in [5, 5.41) is 13.7. The molecule has 4 aromatic rings. The van der Waals surface area contributed by atoms with Crippen molar-refractivity contribution in [1.29, 1.82) is 0 Å². The minimum Gasteiger partial charge on any atom is -0.380 e. The number of fused-ring (bicyclic) bond motifs is 2. The van der Waals surface area contributed by atoms with Gasteiger partial charge in [0.15, 0.2) is 5.43 Å². The highest BCUT2D eigenvalue weighted by Gasteiger charge is 2.22. The standard InChI is InChI=1S/C25H30N6OS/c1-5-30-15-19(16-31-23(14-27-29-31)33(2,3)4)24(32)22-12-21(13-26-25(22)30)28-20-10-17-8-6-7-9-18(17)11-20/h6-9,12-15,20,28H,5,10-11,16H2,1-4H3. The van der Waals surface area contributed by atoms with Crippen LogP contribution in [0.5, 0.6) is 0 Å². The van der Waals surface area contributed by atoms with Gasteiger partial charge in [-0.3, -0.25) is 4.79 Å². The van der Waals surface area contributed by atoms with Gasteiger partial charge < -0.3 is 9.88 Å². The summed E-state index contributed by atoms with van der Waals surface area (Å²) in [6.45, 7) is 3.21. The highest BCUT2D eigenvalue weighted by atomic mass is 32.3. The normalized spacial score (nSPS) is 14.5. The van der Waals surface area contributed by atoms with Crippen LogP contribution in [0.1, 0.15) is 23.6 Å². The molecule has 33 heavy (non-hydrogen) atoms. The lowest BCUT2D eigenvalue weighted by atomic mass is 10.1. The molecule has 0 bridgehead atoms. The second kappa shape index (κ2) is 8.33. The molecule has 1 aromatic carbocycles. The number of hydrogen-bond donors (Lipinski definition) is 1. The number of aryl methyl sites for hydroxylation is 1. The molecule has 1 N–H and O–H groups in total. The third kappa shape index (κ3) is 4.15. The number of benzene rings is 1. The van der Waals surface area contributed by atoms with Crippen LogP contribution in [0.25, 0.3) is 11.0 Å². The van der Waals surface area contributed by atoms with E-state index in [1.807, 2.05) is 33.9 Å². The average molecular weight is 463 g/mol. The maximum Gasteiger partial charge on any atom is 0.196 e. The Morgan fingerprint density at radius 3 is 2.52 bits per heavy atom. The molecule has 3 aromatic heterocycles. The molecule has 0 fully saturated rings. The highest BCUT2D eigenvalue weighted by molar-refractivity contribution is 8.32. The van der Waals surface area contributed by atoms with Gasteiger partial charge in [0.05, 0.1) is 35.0 Å². The Balaban J connectivity index is 1.49. The Morgan fingerprint density at radius 1 is 1.12 bits per heavy atom. The Hall–Kier alpha value is -3.13. The van der Waals surface area contributed by atoms with Crippen LogP contribution in [0, 0.1) is 0 Å². The van der Waals surface area contributed by atoms with E-state index >= 15 is 0 Å². The molecule has 0 saturated carbocycles. The van der Waals surface area contributed by atoms with Gasteiger partial charge in [-0.25, -0.2) is 19.7 Å². The first-order valence-corrected chi connectivity index (χ1v) is 14.1. The molecule has 0 amide bonds. The number of nitrogens with zero attached hydrogens (tertiary/aromatic N) is 5. The summed E-state index contributed by atoms with van der Waals surface area (Å²) in [7, 11) is -1.02. The molecule has 172 valence electrons. The number of aromatic nitrogens is 5. The van der Waals surface area contributed by atoms with E-state index < -0.39 is 10.0 Å². The molecule has 0 atom stereocenters. The van der Waals surface area contributed by atoms with Gasteiger partial charge in [0.25, 0.3) is 0 Å². The van der Waals surface area contributed by atoms with Crippen molar-refractivity contribution in [2.75, 3.05) is 24.1 Å². The van der Waals surface area contributed by atoms with Gasteiger partial charge in [-0.05, 0) is 55.7 Å². The van der Waals surface area contributed by atoms with Crippen molar-refractivity contribution < 1.29 is 0 Å². The fraction of sp³-hybridized carbons (Fsp3) is 0.360. The predicted molar refractivity (Wildman–Crippen MR) is 136 cm³/mol. The molecule has 7 nitrogen and oxygen atoms in total. The largest absolute Gasteiger partial charge is 0.380 e. The Morgan fingerprint density at radius 2 is 1.85 bits per heavy atom. The molecule has 5 rings (SSSR count). The molecule has 3 heterocycles. The molecule has 0 radical (unpaired) electrons. The van der Waals surface area contributed by atoms with E-state index in [0.717, 1.165) is 30.1 Å². The lowest BCUT2D eigenvalue weighted by Gasteiger charge is -2.25. The maximum atomic E-state index is 13.5. The third-order valence-electron chi connectivity index (χ3n) is 6.28. The lowest BCUT2D eigenvalue weighted by molar-refractivity contribution is 0.596. The molecule has 1 aliphatic rings. The van der Waals surface area contributed by atoms with Crippen LogP contribution in [0.15, 0.2) is 58.7 Å². The van der Waals surface area contributed by atoms with Crippen LogP contribution >= 0.6 is 10.0 Å². The van der Waals surface area contributed by atoms with Gasteiger partial charge in [-0.2, -0.15) is 0 Å². The Bertz CT molecular complexity index is 1360. The molecule has 1 aliphatic carbocycles. The van der Waals surface area contributed by atoms with Crippen LogP contribution in [0.4, 0.5) is 5.69 Å². The monoisotopic (exact) mass is 462 g/mol. The van der Waals surface area contributed by atoms with E-state index in [4.69, 9.17) is 0 Å². The summed E-state index contributed by atoms with van der Waals surface area (Å²) in [6, 6.07) is 10.8. The van der Waals surface area contributed by atoms with Crippen LogP contribution in [0.2, 0.25) is 0 Å². The quantitative estimate of drug-likeness (QED) is 0.473. The zero-order valence-electron chi connectivity index (χ0n) is 19.6. The predicted octanol–water partition coefficient (Wildman–Crippen LogP) is 3.69. The number of pyridine rings is 2.